The number of amides is 2. The van der Waals surface area contributed by atoms with Gasteiger partial charge < -0.3 is 10.4 Å². The zero-order valence-electron chi connectivity index (χ0n) is 16.2. The Kier molecular flexibility index (Phi) is 8.20. The van der Waals surface area contributed by atoms with E-state index < -0.39 is 11.9 Å². The van der Waals surface area contributed by atoms with Crippen LogP contribution >= 0.6 is 11.3 Å². The molecule has 3 rings (SSSR count). The lowest BCUT2D eigenvalue weighted by Gasteiger charge is -2.12. The summed E-state index contributed by atoms with van der Waals surface area (Å²) in [7, 11) is 0. The van der Waals surface area contributed by atoms with Crippen molar-refractivity contribution in [3.05, 3.63) is 40.7 Å². The van der Waals surface area contributed by atoms with Gasteiger partial charge in [-0.25, -0.2) is 4.39 Å². The number of anilines is 1. The van der Waals surface area contributed by atoms with Gasteiger partial charge in [-0.15, -0.1) is 10.2 Å². The van der Waals surface area contributed by atoms with Crippen LogP contribution in [0.5, 0.6) is 0 Å². The van der Waals surface area contributed by atoms with Crippen LogP contribution in [-0.2, 0) is 27.3 Å². The maximum atomic E-state index is 13.2. The van der Waals surface area contributed by atoms with Gasteiger partial charge in [0.05, 0.1) is 5.92 Å². The summed E-state index contributed by atoms with van der Waals surface area (Å²) in [6, 6.07) is 6.07. The van der Waals surface area contributed by atoms with Crippen LogP contribution in [0.4, 0.5) is 9.52 Å². The van der Waals surface area contributed by atoms with Crippen LogP contribution in [0.15, 0.2) is 24.3 Å². The third kappa shape index (κ3) is 6.90. The lowest BCUT2D eigenvalue weighted by atomic mass is 10.1. The fourth-order valence-corrected chi connectivity index (χ4v) is 3.68. The van der Waals surface area contributed by atoms with Crippen molar-refractivity contribution in [1.29, 1.82) is 0 Å². The van der Waals surface area contributed by atoms with Crippen LogP contribution in [0.2, 0.25) is 0 Å². The fourth-order valence-electron chi connectivity index (χ4n) is 2.72. The number of benzene rings is 1. The summed E-state index contributed by atoms with van der Waals surface area (Å²) in [5.41, 5.74) is 0.683. The minimum absolute atomic E-state index is 0.120. The molecule has 10 heteroatoms. The van der Waals surface area contributed by atoms with Gasteiger partial charge in [0, 0.05) is 32.9 Å². The average molecular weight is 422 g/mol. The van der Waals surface area contributed by atoms with Crippen LogP contribution < -0.4 is 10.2 Å². The molecule has 2 aromatic rings. The van der Waals surface area contributed by atoms with Crippen LogP contribution in [0.1, 0.15) is 37.3 Å². The van der Waals surface area contributed by atoms with E-state index in [1.807, 2.05) is 0 Å². The highest BCUT2D eigenvalue weighted by atomic mass is 32.1. The molecule has 1 aromatic carbocycles. The van der Waals surface area contributed by atoms with Crippen molar-refractivity contribution >= 4 is 34.3 Å². The van der Waals surface area contributed by atoms with Crippen molar-refractivity contribution in [2.24, 2.45) is 5.92 Å². The smallest absolute Gasteiger partial charge is 0.300 e. The monoisotopic (exact) mass is 422 g/mol. The van der Waals surface area contributed by atoms with Crippen LogP contribution in [0.3, 0.4) is 0 Å². The first-order chi connectivity index (χ1) is 13.8. The molecule has 1 aromatic heterocycles. The molecule has 156 valence electrons. The topological polar surface area (TPSA) is 112 Å². The number of carbonyl (C=O) groups excluding carboxylic acids is 2. The second-order valence-corrected chi connectivity index (χ2v) is 7.54. The predicted octanol–water partition coefficient (Wildman–Crippen LogP) is 2.39. The molecular weight excluding hydrogens is 399 g/mol. The molecule has 1 saturated heterocycles. The number of halogens is 1. The number of aliphatic carboxylic acids is 1. The Morgan fingerprint density at radius 3 is 2.76 bits per heavy atom. The summed E-state index contributed by atoms with van der Waals surface area (Å²) in [4.78, 5) is 35.1. The summed E-state index contributed by atoms with van der Waals surface area (Å²) in [5, 5.41) is 19.8. The van der Waals surface area contributed by atoms with Gasteiger partial charge in [-0.3, -0.25) is 19.3 Å². The Morgan fingerprint density at radius 2 is 2.10 bits per heavy atom. The molecule has 1 aliphatic heterocycles. The standard InChI is InChI=1S/C17H19FN4O2S.C2H4O2/c1-2-4-14-20-21-17(25-14)22-10-12(8-15(22)23)16(24)19-9-11-5-3-6-13(18)7-11;1-2(3)4/h3,5-7,12H,2,4,8-10H2,1H3,(H,19,24);1H3,(H,3,4). The average Bonchev–Trinajstić information content (AvgIpc) is 3.26. The Morgan fingerprint density at radius 1 is 1.38 bits per heavy atom. The zero-order valence-corrected chi connectivity index (χ0v) is 17.0. The quantitative estimate of drug-likeness (QED) is 0.739. The molecule has 2 heterocycles. The maximum absolute atomic E-state index is 13.2. The molecule has 8 nitrogen and oxygen atoms in total. The molecule has 1 unspecified atom stereocenters. The van der Waals surface area contributed by atoms with E-state index in [1.54, 1.807) is 12.1 Å². The number of nitrogens with one attached hydrogen (secondary N) is 1. The van der Waals surface area contributed by atoms with Crippen molar-refractivity contribution in [3.63, 3.8) is 0 Å². The number of hydrogen-bond acceptors (Lipinski definition) is 6. The highest BCUT2D eigenvalue weighted by molar-refractivity contribution is 7.15. The van der Waals surface area contributed by atoms with E-state index in [9.17, 15) is 14.0 Å². The van der Waals surface area contributed by atoms with Gasteiger partial charge in [-0.05, 0) is 24.1 Å². The van der Waals surface area contributed by atoms with Gasteiger partial charge in [0.15, 0.2) is 0 Å². The molecule has 0 bridgehead atoms. The van der Waals surface area contributed by atoms with Gasteiger partial charge in [-0.1, -0.05) is 30.4 Å². The number of hydrogen-bond donors (Lipinski definition) is 2. The Labute approximate surface area is 171 Å². The summed E-state index contributed by atoms with van der Waals surface area (Å²) >= 11 is 1.39. The second kappa shape index (κ2) is 10.6. The van der Waals surface area contributed by atoms with Crippen LogP contribution in [0, 0.1) is 11.7 Å². The van der Waals surface area contributed by atoms with E-state index in [0.29, 0.717) is 17.2 Å². The van der Waals surface area contributed by atoms with Crippen molar-refractivity contribution < 1.29 is 23.9 Å². The molecule has 0 spiro atoms. The van der Waals surface area contributed by atoms with E-state index in [1.165, 1.54) is 28.4 Å². The largest absolute Gasteiger partial charge is 0.481 e. The molecule has 2 amide bonds. The number of rotatable bonds is 6. The van der Waals surface area contributed by atoms with Gasteiger partial charge in [-0.2, -0.15) is 0 Å². The van der Waals surface area contributed by atoms with Crippen molar-refractivity contribution in [1.82, 2.24) is 15.5 Å². The summed E-state index contributed by atoms with van der Waals surface area (Å²) in [6.07, 6.45) is 1.95. The highest BCUT2D eigenvalue weighted by Crippen LogP contribution is 2.28. The fraction of sp³-hybridized carbons (Fsp3) is 0.421. The molecule has 1 aliphatic rings. The molecule has 2 N–H and O–H groups in total. The van der Waals surface area contributed by atoms with Crippen molar-refractivity contribution in [3.8, 4) is 0 Å². The van der Waals surface area contributed by atoms with Gasteiger partial charge in [0.1, 0.15) is 10.8 Å². The lowest BCUT2D eigenvalue weighted by molar-refractivity contribution is -0.134. The number of nitrogens with zero attached hydrogens (tertiary/aromatic N) is 3. The van der Waals surface area contributed by atoms with Gasteiger partial charge in [0.2, 0.25) is 16.9 Å². The van der Waals surface area contributed by atoms with Crippen LogP contribution in [0.25, 0.3) is 0 Å². The minimum Gasteiger partial charge on any atom is -0.481 e. The van der Waals surface area contributed by atoms with E-state index in [2.05, 4.69) is 22.4 Å². The number of carboxylic acids is 1. The number of aryl methyl sites for hydroxylation is 1. The maximum Gasteiger partial charge on any atom is 0.300 e. The number of carbonyl (C=O) groups is 3. The highest BCUT2D eigenvalue weighted by Gasteiger charge is 2.36. The molecule has 1 atom stereocenters. The zero-order chi connectivity index (χ0) is 21.4. The second-order valence-electron chi connectivity index (χ2n) is 6.50. The first kappa shape index (κ1) is 22.4. The number of aromatic nitrogens is 2. The minimum atomic E-state index is -0.833. The summed E-state index contributed by atoms with van der Waals surface area (Å²) in [6.45, 7) is 3.68. The molecule has 0 radical (unpaired) electrons. The third-order valence-electron chi connectivity index (χ3n) is 4.00. The Bertz CT molecular complexity index is 869. The summed E-state index contributed by atoms with van der Waals surface area (Å²) < 4.78 is 13.2. The molecule has 1 fully saturated rings. The Balaban J connectivity index is 0.000000687. The van der Waals surface area contributed by atoms with E-state index >= 15 is 0 Å². The Hall–Kier alpha value is -2.88. The van der Waals surface area contributed by atoms with E-state index in [-0.39, 0.29) is 30.6 Å². The van der Waals surface area contributed by atoms with Gasteiger partial charge in [0.25, 0.3) is 5.97 Å². The van der Waals surface area contributed by atoms with E-state index in [0.717, 1.165) is 24.8 Å². The first-order valence-electron chi connectivity index (χ1n) is 9.14. The molecular formula is C19H23FN4O4S. The first-order valence-corrected chi connectivity index (χ1v) is 9.96. The van der Waals surface area contributed by atoms with E-state index in [4.69, 9.17) is 9.90 Å². The SMILES string of the molecule is CC(=O)O.CCCc1nnc(N2CC(C(=O)NCc3cccc(F)c3)CC2=O)s1. The molecule has 0 aliphatic carbocycles. The molecule has 29 heavy (non-hydrogen) atoms. The molecule has 0 saturated carbocycles. The lowest BCUT2D eigenvalue weighted by Crippen LogP contribution is -2.32. The van der Waals surface area contributed by atoms with Crippen molar-refractivity contribution in [2.75, 3.05) is 11.4 Å². The van der Waals surface area contributed by atoms with Crippen LogP contribution in [-0.4, -0.2) is 39.6 Å². The predicted molar refractivity (Wildman–Crippen MR) is 106 cm³/mol. The van der Waals surface area contributed by atoms with Crippen molar-refractivity contribution in [2.45, 2.75) is 39.7 Å². The normalized spacial score (nSPS) is 15.6. The third-order valence-corrected chi connectivity index (χ3v) is 5.01. The van der Waals surface area contributed by atoms with Gasteiger partial charge >= 0.3 is 0 Å². The summed E-state index contributed by atoms with van der Waals surface area (Å²) in [5.74, 6) is -1.93. The number of carboxylic acid groups (broad SMARTS) is 1.